The Kier molecular flexibility index (Phi) is 4.76. The first-order valence-corrected chi connectivity index (χ1v) is 8.91. The first-order chi connectivity index (χ1) is 12.3. The van der Waals surface area contributed by atoms with Crippen LogP contribution in [0.15, 0.2) is 28.7 Å². The van der Waals surface area contributed by atoms with E-state index in [1.54, 1.807) is 0 Å². The molecule has 0 aliphatic carbocycles. The number of H-pyrrole nitrogens is 1. The van der Waals surface area contributed by atoms with Gasteiger partial charge >= 0.3 is 0 Å². The van der Waals surface area contributed by atoms with Crippen LogP contribution in [0.1, 0.15) is 37.0 Å². The van der Waals surface area contributed by atoms with Gasteiger partial charge in [-0.3, -0.25) is 10.00 Å². The molecule has 25 heavy (non-hydrogen) atoms. The maximum atomic E-state index is 5.84. The molecule has 1 aliphatic rings. The van der Waals surface area contributed by atoms with Crippen LogP contribution in [-0.2, 0) is 17.6 Å². The largest absolute Gasteiger partial charge is 0.441 e. The Morgan fingerprint density at radius 3 is 3.04 bits per heavy atom. The summed E-state index contributed by atoms with van der Waals surface area (Å²) in [7, 11) is 0. The number of rotatable bonds is 6. The van der Waals surface area contributed by atoms with Crippen molar-refractivity contribution >= 4 is 11.1 Å². The molecule has 3 aromatic rings. The number of para-hydroxylation sites is 2. The van der Waals surface area contributed by atoms with Gasteiger partial charge in [0.2, 0.25) is 0 Å². The van der Waals surface area contributed by atoms with Crippen molar-refractivity contribution in [3.63, 3.8) is 0 Å². The third kappa shape index (κ3) is 3.72. The first-order valence-electron chi connectivity index (χ1n) is 8.91. The van der Waals surface area contributed by atoms with E-state index in [1.165, 1.54) is 0 Å². The zero-order chi connectivity index (χ0) is 17.1. The lowest BCUT2D eigenvalue weighted by Gasteiger charge is -2.31. The molecule has 0 unspecified atom stereocenters. The second kappa shape index (κ2) is 7.33. The number of morpholine rings is 1. The predicted octanol–water partition coefficient (Wildman–Crippen LogP) is 2.51. The smallest absolute Gasteiger partial charge is 0.195 e. The molecule has 0 bridgehead atoms. The molecule has 1 N–H and O–H groups in total. The Morgan fingerprint density at radius 1 is 1.28 bits per heavy atom. The summed E-state index contributed by atoms with van der Waals surface area (Å²) in [6, 6.07) is 7.89. The normalized spacial score (nSPS) is 18.8. The highest BCUT2D eigenvalue weighted by Crippen LogP contribution is 2.20. The van der Waals surface area contributed by atoms with Gasteiger partial charge in [0.15, 0.2) is 17.3 Å². The zero-order valence-electron chi connectivity index (χ0n) is 14.4. The molecule has 0 radical (unpaired) electrons. The molecule has 0 amide bonds. The van der Waals surface area contributed by atoms with E-state index in [1.807, 2.05) is 24.3 Å². The number of nitrogens with zero attached hydrogens (tertiary/aromatic N) is 4. The number of hydrogen-bond acceptors (Lipinski definition) is 6. The van der Waals surface area contributed by atoms with Crippen LogP contribution >= 0.6 is 0 Å². The molecule has 7 heteroatoms. The zero-order valence-corrected chi connectivity index (χ0v) is 14.4. The third-order valence-electron chi connectivity index (χ3n) is 4.53. The number of oxazole rings is 1. The minimum absolute atomic E-state index is 0.0466. The summed E-state index contributed by atoms with van der Waals surface area (Å²) in [4.78, 5) is 11.4. The van der Waals surface area contributed by atoms with Gasteiger partial charge in [0.1, 0.15) is 17.4 Å². The van der Waals surface area contributed by atoms with E-state index in [0.717, 1.165) is 67.5 Å². The van der Waals surface area contributed by atoms with Crippen molar-refractivity contribution in [2.24, 2.45) is 0 Å². The lowest BCUT2D eigenvalue weighted by atomic mass is 10.2. The highest BCUT2D eigenvalue weighted by Gasteiger charge is 2.25. The number of nitrogens with one attached hydrogen (secondary N) is 1. The Morgan fingerprint density at radius 2 is 2.20 bits per heavy atom. The number of hydrogen-bond donors (Lipinski definition) is 1. The van der Waals surface area contributed by atoms with Crippen molar-refractivity contribution in [1.29, 1.82) is 0 Å². The summed E-state index contributed by atoms with van der Waals surface area (Å²) >= 11 is 0. The number of ether oxygens (including phenoxy) is 1. The van der Waals surface area contributed by atoms with Gasteiger partial charge in [0, 0.05) is 25.9 Å². The van der Waals surface area contributed by atoms with Crippen molar-refractivity contribution in [2.75, 3.05) is 26.2 Å². The van der Waals surface area contributed by atoms with Crippen LogP contribution in [0.2, 0.25) is 0 Å². The molecule has 132 valence electrons. The molecule has 1 fully saturated rings. The summed E-state index contributed by atoms with van der Waals surface area (Å²) in [5.74, 6) is 2.49. The second-order valence-corrected chi connectivity index (χ2v) is 6.33. The predicted molar refractivity (Wildman–Crippen MR) is 93.2 cm³/mol. The molecule has 1 aliphatic heterocycles. The van der Waals surface area contributed by atoms with Crippen molar-refractivity contribution < 1.29 is 9.15 Å². The number of fused-ring (bicyclic) bond motifs is 1. The van der Waals surface area contributed by atoms with Gasteiger partial charge in [-0.2, -0.15) is 5.10 Å². The van der Waals surface area contributed by atoms with E-state index in [2.05, 4.69) is 32.0 Å². The van der Waals surface area contributed by atoms with Crippen molar-refractivity contribution in [3.05, 3.63) is 41.8 Å². The molecule has 4 rings (SSSR count). The molecule has 1 saturated heterocycles. The van der Waals surface area contributed by atoms with Gasteiger partial charge in [-0.15, -0.1) is 0 Å². The number of aryl methyl sites for hydroxylation is 2. The van der Waals surface area contributed by atoms with E-state index in [-0.39, 0.29) is 6.10 Å². The summed E-state index contributed by atoms with van der Waals surface area (Å²) in [5, 5.41) is 7.25. The topological polar surface area (TPSA) is 80.1 Å². The van der Waals surface area contributed by atoms with Crippen LogP contribution in [0.25, 0.3) is 11.1 Å². The summed E-state index contributed by atoms with van der Waals surface area (Å²) < 4.78 is 11.6. The van der Waals surface area contributed by atoms with Crippen LogP contribution in [-0.4, -0.2) is 51.3 Å². The van der Waals surface area contributed by atoms with E-state index in [0.29, 0.717) is 6.61 Å². The summed E-state index contributed by atoms with van der Waals surface area (Å²) in [6.45, 7) is 5.53. The quantitative estimate of drug-likeness (QED) is 0.742. The molecular weight excluding hydrogens is 318 g/mol. The van der Waals surface area contributed by atoms with Crippen LogP contribution in [0.5, 0.6) is 0 Å². The lowest BCUT2D eigenvalue weighted by molar-refractivity contribution is -0.0344. The van der Waals surface area contributed by atoms with Gasteiger partial charge in [0.05, 0.1) is 6.61 Å². The lowest BCUT2D eigenvalue weighted by Crippen LogP contribution is -2.39. The van der Waals surface area contributed by atoms with Crippen molar-refractivity contribution in [3.8, 4) is 0 Å². The third-order valence-corrected chi connectivity index (χ3v) is 4.53. The molecular formula is C18H23N5O2. The minimum Gasteiger partial charge on any atom is -0.441 e. The van der Waals surface area contributed by atoms with Gasteiger partial charge in [0.25, 0.3) is 0 Å². The number of benzene rings is 1. The minimum atomic E-state index is -0.0466. The summed E-state index contributed by atoms with van der Waals surface area (Å²) in [5.41, 5.74) is 1.79. The highest BCUT2D eigenvalue weighted by molar-refractivity contribution is 5.72. The SMILES string of the molecule is CCc1nc([C@H]2CN(CCCc3nc4ccccc4o3)CCO2)n[nH]1. The van der Waals surface area contributed by atoms with E-state index in [9.17, 15) is 0 Å². The number of aromatic nitrogens is 4. The Bertz CT molecular complexity index is 795. The van der Waals surface area contributed by atoms with Gasteiger partial charge in [-0.05, 0) is 25.1 Å². The van der Waals surface area contributed by atoms with Gasteiger partial charge in [-0.25, -0.2) is 9.97 Å². The maximum Gasteiger partial charge on any atom is 0.195 e. The summed E-state index contributed by atoms with van der Waals surface area (Å²) in [6.07, 6.45) is 2.66. The fourth-order valence-corrected chi connectivity index (χ4v) is 3.15. The fraction of sp³-hybridized carbons (Fsp3) is 0.500. The standard InChI is InChI=1S/C18H23N5O2/c1-2-16-20-18(22-21-16)15-12-23(10-11-24-15)9-5-8-17-19-13-6-3-4-7-14(13)25-17/h3-4,6-7,15H,2,5,8-12H2,1H3,(H,20,21,22)/t15-/m1/s1. The molecule has 1 atom stereocenters. The van der Waals surface area contributed by atoms with Crippen molar-refractivity contribution in [2.45, 2.75) is 32.3 Å². The maximum absolute atomic E-state index is 5.84. The average Bonchev–Trinajstić information content (AvgIpc) is 3.28. The second-order valence-electron chi connectivity index (χ2n) is 6.33. The van der Waals surface area contributed by atoms with Gasteiger partial charge < -0.3 is 9.15 Å². The monoisotopic (exact) mass is 341 g/mol. The Balaban J connectivity index is 1.30. The fourth-order valence-electron chi connectivity index (χ4n) is 3.15. The highest BCUT2D eigenvalue weighted by atomic mass is 16.5. The van der Waals surface area contributed by atoms with Crippen LogP contribution < -0.4 is 0 Å². The molecule has 3 heterocycles. The Hall–Kier alpha value is -2.25. The van der Waals surface area contributed by atoms with E-state index < -0.39 is 0 Å². The molecule has 1 aromatic carbocycles. The molecule has 7 nitrogen and oxygen atoms in total. The number of aromatic amines is 1. The van der Waals surface area contributed by atoms with Crippen LogP contribution in [0.4, 0.5) is 0 Å². The molecule has 2 aromatic heterocycles. The van der Waals surface area contributed by atoms with Crippen molar-refractivity contribution in [1.82, 2.24) is 25.1 Å². The molecule has 0 spiro atoms. The van der Waals surface area contributed by atoms with E-state index >= 15 is 0 Å². The molecule has 0 saturated carbocycles. The first kappa shape index (κ1) is 16.2. The van der Waals surface area contributed by atoms with Crippen LogP contribution in [0.3, 0.4) is 0 Å². The Labute approximate surface area is 146 Å². The van der Waals surface area contributed by atoms with E-state index in [4.69, 9.17) is 9.15 Å². The van der Waals surface area contributed by atoms with Crippen LogP contribution in [0, 0.1) is 0 Å². The average molecular weight is 341 g/mol. The van der Waals surface area contributed by atoms with Gasteiger partial charge in [-0.1, -0.05) is 19.1 Å².